The van der Waals surface area contributed by atoms with Gasteiger partial charge in [-0.05, 0) is 12.2 Å². The van der Waals surface area contributed by atoms with Gasteiger partial charge in [-0.1, -0.05) is 6.08 Å². The van der Waals surface area contributed by atoms with Gasteiger partial charge in [0.1, 0.15) is 6.10 Å². The lowest BCUT2D eigenvalue weighted by Gasteiger charge is -2.16. The number of fused-ring (bicyclic) bond motifs is 1. The van der Waals surface area contributed by atoms with Gasteiger partial charge in [-0.2, -0.15) is 0 Å². The number of rotatable bonds is 2. The molecule has 0 fully saturated rings. The van der Waals surface area contributed by atoms with Gasteiger partial charge in [-0.15, -0.1) is 6.58 Å². The van der Waals surface area contributed by atoms with Crippen LogP contribution in [0.2, 0.25) is 0 Å². The average Bonchev–Trinajstić information content (AvgIpc) is 2.51. The second kappa shape index (κ2) is 2.89. The van der Waals surface area contributed by atoms with Crippen LogP contribution in [0.15, 0.2) is 35.5 Å². The first-order valence-electron chi connectivity index (χ1n) is 3.93. The van der Waals surface area contributed by atoms with E-state index in [1.165, 1.54) is 0 Å². The summed E-state index contributed by atoms with van der Waals surface area (Å²) < 4.78 is 10.7. The van der Waals surface area contributed by atoms with Crippen molar-refractivity contribution in [2.45, 2.75) is 12.5 Å². The predicted octanol–water partition coefficient (Wildman–Crippen LogP) is 2.63. The van der Waals surface area contributed by atoms with Crippen LogP contribution >= 0.6 is 0 Å². The summed E-state index contributed by atoms with van der Waals surface area (Å²) in [5, 5.41) is 0. The first-order chi connectivity index (χ1) is 5.90. The summed E-state index contributed by atoms with van der Waals surface area (Å²) in [4.78, 5) is 0. The van der Waals surface area contributed by atoms with Crippen molar-refractivity contribution in [2.75, 3.05) is 0 Å². The second-order valence-electron chi connectivity index (χ2n) is 2.69. The van der Waals surface area contributed by atoms with Crippen molar-refractivity contribution in [2.24, 2.45) is 0 Å². The van der Waals surface area contributed by atoms with Crippen LogP contribution in [0.3, 0.4) is 0 Å². The SMILES string of the molecule is C=CCC1C=Cc2occc2O1. The van der Waals surface area contributed by atoms with Crippen molar-refractivity contribution in [3.63, 3.8) is 0 Å². The van der Waals surface area contributed by atoms with E-state index < -0.39 is 0 Å². The Morgan fingerprint density at radius 1 is 1.58 bits per heavy atom. The molecule has 1 aliphatic rings. The van der Waals surface area contributed by atoms with E-state index in [-0.39, 0.29) is 6.10 Å². The highest BCUT2D eigenvalue weighted by molar-refractivity contribution is 5.54. The van der Waals surface area contributed by atoms with Crippen molar-refractivity contribution in [1.82, 2.24) is 0 Å². The zero-order valence-corrected chi connectivity index (χ0v) is 6.69. The van der Waals surface area contributed by atoms with E-state index in [0.29, 0.717) is 0 Å². The minimum absolute atomic E-state index is 0.118. The minimum Gasteiger partial charge on any atom is -0.482 e. The molecule has 2 nitrogen and oxygen atoms in total. The summed E-state index contributed by atoms with van der Waals surface area (Å²) in [7, 11) is 0. The van der Waals surface area contributed by atoms with E-state index in [1.54, 1.807) is 6.26 Å². The second-order valence-corrected chi connectivity index (χ2v) is 2.69. The molecule has 0 amide bonds. The standard InChI is InChI=1S/C10H10O2/c1-2-3-8-4-5-9-10(12-8)6-7-11-9/h2,4-8H,1,3H2. The van der Waals surface area contributed by atoms with E-state index in [9.17, 15) is 0 Å². The quantitative estimate of drug-likeness (QED) is 0.624. The molecule has 0 aromatic carbocycles. The lowest BCUT2D eigenvalue weighted by Crippen LogP contribution is -2.14. The van der Waals surface area contributed by atoms with Crippen molar-refractivity contribution < 1.29 is 9.15 Å². The van der Waals surface area contributed by atoms with Crippen LogP contribution in [-0.2, 0) is 0 Å². The normalized spacial score (nSPS) is 19.8. The summed E-state index contributed by atoms with van der Waals surface area (Å²) in [6.45, 7) is 3.66. The Morgan fingerprint density at radius 3 is 3.33 bits per heavy atom. The smallest absolute Gasteiger partial charge is 0.168 e. The molecule has 0 saturated heterocycles. The van der Waals surface area contributed by atoms with Gasteiger partial charge in [0.05, 0.1) is 6.26 Å². The maximum absolute atomic E-state index is 5.56. The molecule has 1 aliphatic heterocycles. The molecule has 1 atom stereocenters. The summed E-state index contributed by atoms with van der Waals surface area (Å²) in [5.41, 5.74) is 0. The van der Waals surface area contributed by atoms with Crippen molar-refractivity contribution in [3.8, 4) is 5.75 Å². The number of ether oxygens (including phenoxy) is 1. The first kappa shape index (κ1) is 7.22. The van der Waals surface area contributed by atoms with Crippen LogP contribution in [0.1, 0.15) is 12.2 Å². The molecule has 1 aromatic heterocycles. The van der Waals surface area contributed by atoms with Gasteiger partial charge >= 0.3 is 0 Å². The molecule has 0 aliphatic carbocycles. The summed E-state index contributed by atoms with van der Waals surface area (Å²) in [5.74, 6) is 1.62. The van der Waals surface area contributed by atoms with Crippen LogP contribution in [0.5, 0.6) is 5.75 Å². The fraction of sp³-hybridized carbons (Fsp3) is 0.200. The van der Waals surface area contributed by atoms with Crippen molar-refractivity contribution >= 4 is 6.08 Å². The lowest BCUT2D eigenvalue weighted by atomic mass is 10.2. The fourth-order valence-corrected chi connectivity index (χ4v) is 1.22. The molecular formula is C10H10O2. The Balaban J connectivity index is 2.18. The van der Waals surface area contributed by atoms with Gasteiger partial charge in [0.15, 0.2) is 11.5 Å². The van der Waals surface area contributed by atoms with Gasteiger partial charge in [-0.25, -0.2) is 0 Å². The van der Waals surface area contributed by atoms with E-state index in [0.717, 1.165) is 17.9 Å². The Labute approximate surface area is 71.1 Å². The maximum atomic E-state index is 5.56. The lowest BCUT2D eigenvalue weighted by molar-refractivity contribution is 0.245. The van der Waals surface area contributed by atoms with Gasteiger partial charge in [0, 0.05) is 12.5 Å². The Morgan fingerprint density at radius 2 is 2.50 bits per heavy atom. The third-order valence-corrected chi connectivity index (χ3v) is 1.80. The Bertz CT molecular complexity index is 309. The highest BCUT2D eigenvalue weighted by Gasteiger charge is 2.14. The third-order valence-electron chi connectivity index (χ3n) is 1.80. The van der Waals surface area contributed by atoms with E-state index in [4.69, 9.17) is 9.15 Å². The summed E-state index contributed by atoms with van der Waals surface area (Å²) in [6.07, 6.45) is 8.35. The Hall–Kier alpha value is -1.44. The van der Waals surface area contributed by atoms with E-state index >= 15 is 0 Å². The molecule has 2 heterocycles. The van der Waals surface area contributed by atoms with E-state index in [1.807, 2.05) is 24.3 Å². The minimum atomic E-state index is 0.118. The van der Waals surface area contributed by atoms with Gasteiger partial charge in [0.25, 0.3) is 0 Å². The number of hydrogen-bond acceptors (Lipinski definition) is 2. The molecule has 0 N–H and O–H groups in total. The molecule has 0 bridgehead atoms. The number of hydrogen-bond donors (Lipinski definition) is 0. The topological polar surface area (TPSA) is 22.4 Å². The van der Waals surface area contributed by atoms with Gasteiger partial charge in [0.2, 0.25) is 0 Å². The van der Waals surface area contributed by atoms with Crippen LogP contribution in [0.4, 0.5) is 0 Å². The van der Waals surface area contributed by atoms with Crippen molar-refractivity contribution in [3.05, 3.63) is 36.8 Å². The average molecular weight is 162 g/mol. The monoisotopic (exact) mass is 162 g/mol. The molecule has 0 spiro atoms. The molecule has 12 heavy (non-hydrogen) atoms. The molecule has 0 saturated carbocycles. The molecule has 0 radical (unpaired) electrons. The van der Waals surface area contributed by atoms with Gasteiger partial charge < -0.3 is 9.15 Å². The molecule has 2 heteroatoms. The fourth-order valence-electron chi connectivity index (χ4n) is 1.22. The highest BCUT2D eigenvalue weighted by atomic mass is 16.5. The van der Waals surface area contributed by atoms with E-state index in [2.05, 4.69) is 6.58 Å². The first-order valence-corrected chi connectivity index (χ1v) is 3.93. The molecule has 2 rings (SSSR count). The van der Waals surface area contributed by atoms with Crippen LogP contribution in [-0.4, -0.2) is 6.10 Å². The highest BCUT2D eigenvalue weighted by Crippen LogP contribution is 2.27. The van der Waals surface area contributed by atoms with Crippen LogP contribution in [0, 0.1) is 0 Å². The van der Waals surface area contributed by atoms with Crippen LogP contribution < -0.4 is 4.74 Å². The van der Waals surface area contributed by atoms with Crippen molar-refractivity contribution in [1.29, 1.82) is 0 Å². The summed E-state index contributed by atoms with van der Waals surface area (Å²) in [6, 6.07) is 1.83. The zero-order valence-electron chi connectivity index (χ0n) is 6.69. The molecule has 62 valence electrons. The van der Waals surface area contributed by atoms with Crippen LogP contribution in [0.25, 0.3) is 6.08 Å². The Kier molecular flexibility index (Phi) is 1.74. The summed E-state index contributed by atoms with van der Waals surface area (Å²) >= 11 is 0. The molecule has 1 unspecified atom stereocenters. The number of furan rings is 1. The third kappa shape index (κ3) is 1.16. The molecular weight excluding hydrogens is 152 g/mol. The largest absolute Gasteiger partial charge is 0.482 e. The van der Waals surface area contributed by atoms with Gasteiger partial charge in [-0.3, -0.25) is 0 Å². The molecule has 1 aromatic rings. The predicted molar refractivity (Wildman–Crippen MR) is 47.0 cm³/mol. The zero-order chi connectivity index (χ0) is 8.39. The maximum Gasteiger partial charge on any atom is 0.168 e.